The lowest BCUT2D eigenvalue weighted by atomic mass is 9.89. The van der Waals surface area contributed by atoms with Crippen molar-refractivity contribution >= 4 is 17.7 Å². The van der Waals surface area contributed by atoms with Crippen molar-refractivity contribution < 1.29 is 9.18 Å². The molecule has 0 radical (unpaired) electrons. The maximum atomic E-state index is 13.6. The monoisotopic (exact) mass is 487 g/mol. The number of fused-ring (bicyclic) bond motifs is 1. The summed E-state index contributed by atoms with van der Waals surface area (Å²) in [6.07, 6.45) is 8.09. The van der Waals surface area contributed by atoms with Gasteiger partial charge in [-0.05, 0) is 85.7 Å². The number of rotatable bonds is 7. The molecule has 5 rings (SSSR count). The summed E-state index contributed by atoms with van der Waals surface area (Å²) in [7, 11) is 0. The number of aryl methyl sites for hydroxylation is 2. The van der Waals surface area contributed by atoms with E-state index in [0.29, 0.717) is 16.7 Å². The molecule has 1 aliphatic rings. The van der Waals surface area contributed by atoms with Crippen molar-refractivity contribution in [2.45, 2.75) is 43.8 Å². The molecular formula is C27H26FN5OS. The fourth-order valence-corrected chi connectivity index (χ4v) is 5.16. The van der Waals surface area contributed by atoms with E-state index in [2.05, 4.69) is 38.7 Å². The van der Waals surface area contributed by atoms with Gasteiger partial charge in [-0.3, -0.25) is 14.3 Å². The molecule has 2 aromatic carbocycles. The number of aromatic nitrogens is 4. The molecule has 178 valence electrons. The van der Waals surface area contributed by atoms with Crippen molar-refractivity contribution in [3.8, 4) is 17.1 Å². The molecule has 1 atom stereocenters. The highest BCUT2D eigenvalue weighted by Gasteiger charge is 2.19. The largest absolute Gasteiger partial charge is 0.349 e. The van der Waals surface area contributed by atoms with Crippen LogP contribution in [0.2, 0.25) is 0 Å². The first-order valence-corrected chi connectivity index (χ1v) is 12.7. The molecule has 35 heavy (non-hydrogen) atoms. The van der Waals surface area contributed by atoms with Crippen molar-refractivity contribution in [2.24, 2.45) is 0 Å². The molecule has 0 saturated heterocycles. The lowest BCUT2D eigenvalue weighted by molar-refractivity contribution is -0.119. The molecule has 0 saturated carbocycles. The highest BCUT2D eigenvalue weighted by atomic mass is 32.2. The van der Waals surface area contributed by atoms with E-state index in [1.807, 2.05) is 23.6 Å². The zero-order valence-electron chi connectivity index (χ0n) is 19.4. The fourth-order valence-electron chi connectivity index (χ4n) is 4.39. The van der Waals surface area contributed by atoms with Crippen LogP contribution in [0.4, 0.5) is 4.39 Å². The number of thioether (sulfide) groups is 1. The molecule has 0 spiro atoms. The van der Waals surface area contributed by atoms with Gasteiger partial charge >= 0.3 is 0 Å². The minimum atomic E-state index is -0.322. The number of hydrogen-bond donors (Lipinski definition) is 1. The van der Waals surface area contributed by atoms with E-state index in [1.54, 1.807) is 24.5 Å². The summed E-state index contributed by atoms with van der Waals surface area (Å²) in [5, 5.41) is 12.3. The van der Waals surface area contributed by atoms with Crippen LogP contribution in [0.1, 0.15) is 42.5 Å². The van der Waals surface area contributed by atoms with Crippen LogP contribution in [0, 0.1) is 5.82 Å². The van der Waals surface area contributed by atoms with Gasteiger partial charge in [0.25, 0.3) is 0 Å². The van der Waals surface area contributed by atoms with E-state index in [0.717, 1.165) is 24.0 Å². The molecule has 2 heterocycles. The number of nitrogens with one attached hydrogen (secondary N) is 1. The normalized spacial score (nSPS) is 13.8. The molecular weight excluding hydrogens is 461 g/mol. The van der Waals surface area contributed by atoms with Crippen LogP contribution in [-0.2, 0) is 17.6 Å². The van der Waals surface area contributed by atoms with E-state index in [9.17, 15) is 9.18 Å². The third-order valence-corrected chi connectivity index (χ3v) is 7.17. The number of nitrogens with zero attached hydrogens (tertiary/aromatic N) is 4. The average molecular weight is 488 g/mol. The Kier molecular flexibility index (Phi) is 6.90. The van der Waals surface area contributed by atoms with Crippen LogP contribution in [0.15, 0.2) is 72.1 Å². The van der Waals surface area contributed by atoms with Gasteiger partial charge in [0.1, 0.15) is 5.82 Å². The lowest BCUT2D eigenvalue weighted by Crippen LogP contribution is -2.28. The molecule has 0 aliphatic heterocycles. The van der Waals surface area contributed by atoms with E-state index >= 15 is 0 Å². The summed E-state index contributed by atoms with van der Waals surface area (Å²) in [4.78, 5) is 16.9. The first-order valence-electron chi connectivity index (χ1n) is 11.7. The summed E-state index contributed by atoms with van der Waals surface area (Å²) in [5.74, 6) is 0.381. The topological polar surface area (TPSA) is 72.7 Å². The third kappa shape index (κ3) is 5.27. The van der Waals surface area contributed by atoms with Crippen molar-refractivity contribution in [3.05, 3.63) is 89.5 Å². The van der Waals surface area contributed by atoms with E-state index < -0.39 is 0 Å². The van der Waals surface area contributed by atoms with Gasteiger partial charge in [-0.2, -0.15) is 0 Å². The average Bonchev–Trinajstić information content (AvgIpc) is 3.32. The highest BCUT2D eigenvalue weighted by Crippen LogP contribution is 2.28. The molecule has 1 N–H and O–H groups in total. The molecule has 1 unspecified atom stereocenters. The summed E-state index contributed by atoms with van der Waals surface area (Å²) in [6.45, 7) is 2.01. The lowest BCUT2D eigenvalue weighted by Gasteiger charge is -2.20. The zero-order chi connectivity index (χ0) is 24.2. The van der Waals surface area contributed by atoms with E-state index in [4.69, 9.17) is 0 Å². The van der Waals surface area contributed by atoms with Crippen LogP contribution in [0.25, 0.3) is 17.1 Å². The van der Waals surface area contributed by atoms with Crippen molar-refractivity contribution in [1.29, 1.82) is 0 Å². The van der Waals surface area contributed by atoms with E-state index in [1.165, 1.54) is 47.9 Å². The maximum Gasteiger partial charge on any atom is 0.230 e. The Hall–Kier alpha value is -3.52. The van der Waals surface area contributed by atoms with Gasteiger partial charge in [-0.15, -0.1) is 10.2 Å². The summed E-state index contributed by atoms with van der Waals surface area (Å²) < 4.78 is 15.4. The molecule has 0 bridgehead atoms. The Morgan fingerprint density at radius 2 is 1.77 bits per heavy atom. The maximum absolute atomic E-state index is 13.6. The Morgan fingerprint density at radius 3 is 2.54 bits per heavy atom. The predicted molar refractivity (Wildman–Crippen MR) is 135 cm³/mol. The molecule has 1 amide bonds. The Bertz CT molecular complexity index is 1320. The van der Waals surface area contributed by atoms with Crippen LogP contribution in [0.3, 0.4) is 0 Å². The van der Waals surface area contributed by atoms with Gasteiger partial charge < -0.3 is 5.32 Å². The molecule has 6 nitrogen and oxygen atoms in total. The van der Waals surface area contributed by atoms with Crippen LogP contribution < -0.4 is 5.32 Å². The SMILES string of the molecule is CC(NC(=O)CSc1nnc(-c2ccncc2)n1-c1ccc(F)cc1)c1ccc2c(c1)CCCC2. The highest BCUT2D eigenvalue weighted by molar-refractivity contribution is 7.99. The van der Waals surface area contributed by atoms with Gasteiger partial charge in [-0.1, -0.05) is 30.0 Å². The zero-order valence-corrected chi connectivity index (χ0v) is 20.3. The number of pyridine rings is 1. The predicted octanol–water partition coefficient (Wildman–Crippen LogP) is 5.32. The second kappa shape index (κ2) is 10.4. The second-order valence-electron chi connectivity index (χ2n) is 8.67. The number of halogens is 1. The number of carbonyl (C=O) groups excluding carboxylic acids is 1. The van der Waals surface area contributed by atoms with Crippen LogP contribution in [-0.4, -0.2) is 31.4 Å². The molecule has 1 aliphatic carbocycles. The smallest absolute Gasteiger partial charge is 0.230 e. The van der Waals surface area contributed by atoms with Gasteiger partial charge in [0.15, 0.2) is 11.0 Å². The first-order chi connectivity index (χ1) is 17.1. The Balaban J connectivity index is 1.31. The molecule has 4 aromatic rings. The first kappa shape index (κ1) is 23.2. The summed E-state index contributed by atoms with van der Waals surface area (Å²) in [6, 6.07) is 16.3. The number of carbonyl (C=O) groups is 1. The quantitative estimate of drug-likeness (QED) is 0.357. The molecule has 0 fully saturated rings. The van der Waals surface area contributed by atoms with Crippen LogP contribution >= 0.6 is 11.8 Å². The van der Waals surface area contributed by atoms with Crippen molar-refractivity contribution in [3.63, 3.8) is 0 Å². The summed E-state index contributed by atoms with van der Waals surface area (Å²) >= 11 is 1.30. The van der Waals surface area contributed by atoms with Gasteiger partial charge in [-0.25, -0.2) is 4.39 Å². The van der Waals surface area contributed by atoms with Crippen molar-refractivity contribution in [2.75, 3.05) is 5.75 Å². The molecule has 2 aromatic heterocycles. The number of hydrogen-bond acceptors (Lipinski definition) is 5. The Morgan fingerprint density at radius 1 is 1.03 bits per heavy atom. The minimum absolute atomic E-state index is 0.0839. The second-order valence-corrected chi connectivity index (χ2v) is 9.61. The standard InChI is InChI=1S/C27H26FN5OS/c1-18(21-7-6-19-4-2-3-5-22(19)16-21)30-25(34)17-35-27-32-31-26(20-12-14-29-15-13-20)33(27)24-10-8-23(28)9-11-24/h6-16,18H,2-5,17H2,1H3,(H,30,34). The van der Waals surface area contributed by atoms with Gasteiger partial charge in [0.2, 0.25) is 5.91 Å². The van der Waals surface area contributed by atoms with E-state index in [-0.39, 0.29) is 23.5 Å². The third-order valence-electron chi connectivity index (χ3n) is 6.24. The fraction of sp³-hybridized carbons (Fsp3) is 0.259. The summed E-state index contributed by atoms with van der Waals surface area (Å²) in [5.41, 5.74) is 5.50. The number of benzene rings is 2. The Labute approximate surface area is 208 Å². The number of amides is 1. The van der Waals surface area contributed by atoms with Crippen molar-refractivity contribution in [1.82, 2.24) is 25.1 Å². The minimum Gasteiger partial charge on any atom is -0.349 e. The molecule has 8 heteroatoms. The van der Waals surface area contributed by atoms with Gasteiger partial charge in [0.05, 0.1) is 11.8 Å². The van der Waals surface area contributed by atoms with Crippen LogP contribution in [0.5, 0.6) is 0 Å². The van der Waals surface area contributed by atoms with Gasteiger partial charge in [0, 0.05) is 23.6 Å².